The highest BCUT2D eigenvalue weighted by Crippen LogP contribution is 2.16. The van der Waals surface area contributed by atoms with Crippen molar-refractivity contribution in [1.82, 2.24) is 0 Å². The minimum absolute atomic E-state index is 0.0670. The standard InChI is InChI=1S/C51H94O5/c1-3-5-7-9-11-13-15-16-17-18-19-20-21-22-23-24-25-26-27-28-29-30-31-32-33-34-36-38-40-42-44-46-51(54)56-49(47-52)48-55-50(53)45-43-41-39-37-35-14-12-10-8-6-4-2/h10,12,15-16,18-19,49,52H,3-9,11,13-14,17,20-48H2,1-2H3/b12-10-,16-15-,19-18-. The lowest BCUT2D eigenvalue weighted by molar-refractivity contribution is -0.161. The molecule has 328 valence electrons. The lowest BCUT2D eigenvalue weighted by Gasteiger charge is -2.15. The fourth-order valence-electron chi connectivity index (χ4n) is 7.16. The summed E-state index contributed by atoms with van der Waals surface area (Å²) in [5.41, 5.74) is 0. The number of ether oxygens (including phenoxy) is 2. The fourth-order valence-corrected chi connectivity index (χ4v) is 7.16. The second-order valence-corrected chi connectivity index (χ2v) is 16.5. The molecule has 56 heavy (non-hydrogen) atoms. The van der Waals surface area contributed by atoms with Gasteiger partial charge in [0.15, 0.2) is 6.10 Å². The molecule has 0 saturated heterocycles. The lowest BCUT2D eigenvalue weighted by atomic mass is 10.0. The number of hydrogen-bond donors (Lipinski definition) is 1. The quantitative estimate of drug-likeness (QED) is 0.0378. The van der Waals surface area contributed by atoms with Crippen LogP contribution in [0.5, 0.6) is 0 Å². The molecule has 0 radical (unpaired) electrons. The van der Waals surface area contributed by atoms with Crippen LogP contribution in [0.4, 0.5) is 0 Å². The number of aliphatic hydroxyl groups is 1. The van der Waals surface area contributed by atoms with Crippen molar-refractivity contribution in [3.05, 3.63) is 36.5 Å². The van der Waals surface area contributed by atoms with Crippen LogP contribution in [-0.4, -0.2) is 36.4 Å². The van der Waals surface area contributed by atoms with Gasteiger partial charge in [-0.1, -0.05) is 217 Å². The summed E-state index contributed by atoms with van der Waals surface area (Å²) in [4.78, 5) is 24.3. The molecule has 0 aliphatic rings. The normalized spacial score (nSPS) is 12.4. The van der Waals surface area contributed by atoms with Gasteiger partial charge >= 0.3 is 11.9 Å². The van der Waals surface area contributed by atoms with E-state index in [0.717, 1.165) is 51.4 Å². The van der Waals surface area contributed by atoms with Crippen LogP contribution in [0.1, 0.15) is 258 Å². The molecular formula is C51H94O5. The Balaban J connectivity index is 3.41. The van der Waals surface area contributed by atoms with E-state index in [1.54, 1.807) is 0 Å². The lowest BCUT2D eigenvalue weighted by Crippen LogP contribution is -2.28. The molecule has 5 heteroatoms. The van der Waals surface area contributed by atoms with E-state index in [4.69, 9.17) is 9.47 Å². The highest BCUT2D eigenvalue weighted by molar-refractivity contribution is 5.70. The highest BCUT2D eigenvalue weighted by Gasteiger charge is 2.16. The van der Waals surface area contributed by atoms with Gasteiger partial charge in [-0.2, -0.15) is 0 Å². The molecule has 0 aliphatic carbocycles. The topological polar surface area (TPSA) is 72.8 Å². The van der Waals surface area contributed by atoms with Crippen LogP contribution in [0.2, 0.25) is 0 Å². The summed E-state index contributed by atoms with van der Waals surface area (Å²) in [5, 5.41) is 9.58. The van der Waals surface area contributed by atoms with Crippen LogP contribution in [0.3, 0.4) is 0 Å². The molecular weight excluding hydrogens is 693 g/mol. The first-order valence-corrected chi connectivity index (χ1v) is 24.5. The van der Waals surface area contributed by atoms with Crippen molar-refractivity contribution in [3.63, 3.8) is 0 Å². The van der Waals surface area contributed by atoms with Crippen molar-refractivity contribution in [2.75, 3.05) is 13.2 Å². The molecule has 5 nitrogen and oxygen atoms in total. The molecule has 0 aromatic rings. The second kappa shape index (κ2) is 47.5. The number of allylic oxidation sites excluding steroid dienone is 6. The Morgan fingerprint density at radius 2 is 0.732 bits per heavy atom. The number of carbonyl (C=O) groups excluding carboxylic acids is 2. The zero-order valence-electron chi connectivity index (χ0n) is 37.4. The molecule has 0 aromatic carbocycles. The van der Waals surface area contributed by atoms with Crippen LogP contribution >= 0.6 is 0 Å². The Labute approximate surface area is 348 Å². The Morgan fingerprint density at radius 1 is 0.411 bits per heavy atom. The number of rotatable bonds is 45. The molecule has 0 saturated carbocycles. The monoisotopic (exact) mass is 787 g/mol. The van der Waals surface area contributed by atoms with Crippen LogP contribution < -0.4 is 0 Å². The van der Waals surface area contributed by atoms with Crippen molar-refractivity contribution in [2.24, 2.45) is 0 Å². The van der Waals surface area contributed by atoms with Crippen molar-refractivity contribution in [3.8, 4) is 0 Å². The first kappa shape index (κ1) is 54.1. The maximum Gasteiger partial charge on any atom is 0.306 e. The molecule has 0 spiro atoms. The highest BCUT2D eigenvalue weighted by atomic mass is 16.6. The Kier molecular flexibility index (Phi) is 45.9. The SMILES string of the molecule is CCCC/C=C\CCCCCCCC(=O)OCC(CO)OC(=O)CCCCCCCCCCCCCCCCCCCCC/C=C\C/C=C\CCCCCCC. The van der Waals surface area contributed by atoms with Gasteiger partial charge in [-0.05, 0) is 64.2 Å². The van der Waals surface area contributed by atoms with E-state index in [2.05, 4.69) is 50.3 Å². The summed E-state index contributed by atoms with van der Waals surface area (Å²) in [6, 6.07) is 0. The van der Waals surface area contributed by atoms with Gasteiger partial charge < -0.3 is 14.6 Å². The third kappa shape index (κ3) is 44.8. The van der Waals surface area contributed by atoms with Crippen molar-refractivity contribution >= 4 is 11.9 Å². The molecule has 0 bridgehead atoms. The number of esters is 2. The van der Waals surface area contributed by atoms with Gasteiger partial charge in [0.1, 0.15) is 6.61 Å². The molecule has 0 amide bonds. The molecule has 1 atom stereocenters. The summed E-state index contributed by atoms with van der Waals surface area (Å²) in [5.74, 6) is -0.593. The first-order valence-electron chi connectivity index (χ1n) is 24.5. The Bertz CT molecular complexity index is 893. The van der Waals surface area contributed by atoms with Gasteiger partial charge in [-0.15, -0.1) is 0 Å². The van der Waals surface area contributed by atoms with Gasteiger partial charge in [0.25, 0.3) is 0 Å². The zero-order valence-corrected chi connectivity index (χ0v) is 37.4. The van der Waals surface area contributed by atoms with Crippen LogP contribution in [0.15, 0.2) is 36.5 Å². The van der Waals surface area contributed by atoms with E-state index in [9.17, 15) is 14.7 Å². The largest absolute Gasteiger partial charge is 0.462 e. The average molecular weight is 787 g/mol. The van der Waals surface area contributed by atoms with E-state index in [0.29, 0.717) is 12.8 Å². The third-order valence-electron chi connectivity index (χ3n) is 10.9. The van der Waals surface area contributed by atoms with Crippen LogP contribution in [-0.2, 0) is 19.1 Å². The molecule has 1 N–H and O–H groups in total. The Morgan fingerprint density at radius 3 is 1.12 bits per heavy atom. The smallest absolute Gasteiger partial charge is 0.306 e. The van der Waals surface area contributed by atoms with Crippen molar-refractivity contribution < 1.29 is 24.2 Å². The summed E-state index contributed by atoms with van der Waals surface area (Å²) in [7, 11) is 0. The minimum atomic E-state index is -0.771. The number of aliphatic hydroxyl groups excluding tert-OH is 1. The summed E-state index contributed by atoms with van der Waals surface area (Å²) >= 11 is 0. The molecule has 0 fully saturated rings. The number of hydrogen-bond acceptors (Lipinski definition) is 5. The molecule has 1 unspecified atom stereocenters. The zero-order chi connectivity index (χ0) is 40.7. The van der Waals surface area contributed by atoms with E-state index < -0.39 is 6.10 Å². The summed E-state index contributed by atoms with van der Waals surface area (Å²) in [6.07, 6.45) is 59.7. The van der Waals surface area contributed by atoms with E-state index in [1.807, 2.05) is 0 Å². The van der Waals surface area contributed by atoms with Gasteiger partial charge in [-0.3, -0.25) is 9.59 Å². The number of carbonyl (C=O) groups is 2. The molecule has 0 aromatic heterocycles. The average Bonchev–Trinajstić information content (AvgIpc) is 3.20. The third-order valence-corrected chi connectivity index (χ3v) is 10.9. The predicted octanol–water partition coefficient (Wildman–Crippen LogP) is 16.0. The van der Waals surface area contributed by atoms with Gasteiger partial charge in [-0.25, -0.2) is 0 Å². The van der Waals surface area contributed by atoms with E-state index in [1.165, 1.54) is 180 Å². The number of unbranched alkanes of at least 4 members (excludes halogenated alkanes) is 31. The first-order chi connectivity index (χ1) is 27.6. The van der Waals surface area contributed by atoms with Gasteiger partial charge in [0.2, 0.25) is 0 Å². The second-order valence-electron chi connectivity index (χ2n) is 16.5. The van der Waals surface area contributed by atoms with Gasteiger partial charge in [0.05, 0.1) is 6.61 Å². The molecule has 0 heterocycles. The minimum Gasteiger partial charge on any atom is -0.462 e. The van der Waals surface area contributed by atoms with Gasteiger partial charge in [0, 0.05) is 12.8 Å². The van der Waals surface area contributed by atoms with Crippen molar-refractivity contribution in [1.29, 1.82) is 0 Å². The molecule has 0 rings (SSSR count). The summed E-state index contributed by atoms with van der Waals surface area (Å²) < 4.78 is 10.6. The fraction of sp³-hybridized carbons (Fsp3) is 0.843. The van der Waals surface area contributed by atoms with E-state index in [-0.39, 0.29) is 25.2 Å². The maximum absolute atomic E-state index is 12.2. The van der Waals surface area contributed by atoms with Crippen LogP contribution in [0, 0.1) is 0 Å². The molecule has 0 aliphatic heterocycles. The van der Waals surface area contributed by atoms with Crippen LogP contribution in [0.25, 0.3) is 0 Å². The maximum atomic E-state index is 12.2. The summed E-state index contributed by atoms with van der Waals surface area (Å²) in [6.45, 7) is 4.10. The predicted molar refractivity (Wildman–Crippen MR) is 242 cm³/mol. The van der Waals surface area contributed by atoms with Crippen molar-refractivity contribution in [2.45, 2.75) is 264 Å². The van der Waals surface area contributed by atoms with E-state index >= 15 is 0 Å². The Hall–Kier alpha value is -1.88.